The first-order chi connectivity index (χ1) is 15.5. The summed E-state index contributed by atoms with van der Waals surface area (Å²) < 4.78 is 6.10. The van der Waals surface area contributed by atoms with Crippen molar-refractivity contribution >= 4 is 35.7 Å². The zero-order valence-corrected chi connectivity index (χ0v) is 18.9. The third kappa shape index (κ3) is 3.42. The molecule has 0 fully saturated rings. The summed E-state index contributed by atoms with van der Waals surface area (Å²) >= 11 is 0. The normalized spacial score (nSPS) is 17.5. The number of hydrogen-bond acceptors (Lipinski definition) is 4. The Morgan fingerprint density at radius 1 is 0.750 bits per heavy atom. The van der Waals surface area contributed by atoms with Crippen LogP contribution in [0.4, 0.5) is 0 Å². The minimum Gasteiger partial charge on any atom is -0.507 e. The van der Waals surface area contributed by atoms with Gasteiger partial charge in [0, 0.05) is 17.7 Å². The van der Waals surface area contributed by atoms with Gasteiger partial charge in [-0.2, -0.15) is 0 Å². The third-order valence-corrected chi connectivity index (χ3v) is 6.33. The van der Waals surface area contributed by atoms with Gasteiger partial charge in [0.2, 0.25) is 0 Å². The molecule has 1 aromatic carbocycles. The Bertz CT molecular complexity index is 1450. The minimum atomic E-state index is 0.236. The molecule has 0 saturated heterocycles. The van der Waals surface area contributed by atoms with E-state index in [1.54, 1.807) is 6.07 Å². The second-order valence-electron chi connectivity index (χ2n) is 8.31. The Kier molecular flexibility index (Phi) is 4.93. The van der Waals surface area contributed by atoms with E-state index in [1.807, 2.05) is 42.5 Å². The maximum Gasteiger partial charge on any atom is 0.129 e. The van der Waals surface area contributed by atoms with Crippen LogP contribution < -0.4 is 10.8 Å². The Hall–Kier alpha value is -3.66. The number of rotatable bonds is 2. The molecule has 1 N–H and O–H groups in total. The summed E-state index contributed by atoms with van der Waals surface area (Å²) in [5.41, 5.74) is 11.6. The number of aliphatic imine (C=N–C) groups is 2. The van der Waals surface area contributed by atoms with E-state index in [0.29, 0.717) is 0 Å². The number of phenols is 1. The van der Waals surface area contributed by atoms with Gasteiger partial charge in [0.25, 0.3) is 0 Å². The van der Waals surface area contributed by atoms with Crippen LogP contribution in [-0.4, -0.2) is 16.5 Å². The lowest BCUT2D eigenvalue weighted by Crippen LogP contribution is -2.07. The van der Waals surface area contributed by atoms with Gasteiger partial charge in [0.15, 0.2) is 0 Å². The number of furan rings is 1. The first kappa shape index (κ1) is 20.3. The van der Waals surface area contributed by atoms with Gasteiger partial charge in [-0.15, -0.1) is 0 Å². The van der Waals surface area contributed by atoms with Crippen molar-refractivity contribution in [3.63, 3.8) is 0 Å². The Labute approximate surface area is 187 Å². The van der Waals surface area contributed by atoms with Crippen LogP contribution in [0.15, 0.2) is 78.4 Å². The molecule has 0 unspecified atom stereocenters. The van der Waals surface area contributed by atoms with Gasteiger partial charge in [0.1, 0.15) is 16.6 Å². The zero-order valence-electron chi connectivity index (χ0n) is 18.9. The molecule has 0 amide bonds. The number of allylic oxidation sites excluding steroid dienone is 4. The van der Waals surface area contributed by atoms with Crippen LogP contribution in [0.25, 0.3) is 24.3 Å². The maximum absolute atomic E-state index is 10.5. The van der Waals surface area contributed by atoms with Gasteiger partial charge in [0.05, 0.1) is 22.8 Å². The maximum atomic E-state index is 10.5. The van der Waals surface area contributed by atoms with E-state index in [1.165, 1.54) is 16.7 Å². The fourth-order valence-electron chi connectivity index (χ4n) is 4.54. The Balaban J connectivity index is 1.81. The van der Waals surface area contributed by atoms with Gasteiger partial charge in [-0.1, -0.05) is 19.9 Å². The van der Waals surface area contributed by atoms with E-state index in [-0.39, 0.29) is 5.75 Å². The van der Waals surface area contributed by atoms with Crippen LogP contribution in [-0.2, 0) is 0 Å². The van der Waals surface area contributed by atoms with Crippen molar-refractivity contribution in [2.24, 2.45) is 9.98 Å². The van der Waals surface area contributed by atoms with Crippen molar-refractivity contribution in [3.8, 4) is 5.75 Å². The predicted octanol–water partition coefficient (Wildman–Crippen LogP) is 5.30. The smallest absolute Gasteiger partial charge is 0.129 e. The molecule has 4 nitrogen and oxygen atoms in total. The lowest BCUT2D eigenvalue weighted by molar-refractivity contribution is 0.474. The van der Waals surface area contributed by atoms with E-state index in [4.69, 9.17) is 14.4 Å². The topological polar surface area (TPSA) is 58.1 Å². The number of nitrogens with zero attached hydrogens (tertiary/aromatic N) is 2. The number of fused-ring (bicyclic) bond motifs is 6. The van der Waals surface area contributed by atoms with Gasteiger partial charge < -0.3 is 9.52 Å². The lowest BCUT2D eigenvalue weighted by atomic mass is 10.0. The summed E-state index contributed by atoms with van der Waals surface area (Å²) in [6.45, 7) is 8.48. The summed E-state index contributed by atoms with van der Waals surface area (Å²) in [4.78, 5) is 9.78. The van der Waals surface area contributed by atoms with Gasteiger partial charge in [-0.25, -0.2) is 9.98 Å². The van der Waals surface area contributed by atoms with Gasteiger partial charge in [-0.3, -0.25) is 0 Å². The van der Waals surface area contributed by atoms with E-state index < -0.39 is 0 Å². The molecule has 0 aliphatic carbocycles. The molecule has 2 aromatic rings. The number of benzene rings is 1. The monoisotopic (exact) mass is 422 g/mol. The van der Waals surface area contributed by atoms with Crippen molar-refractivity contribution in [3.05, 3.63) is 86.0 Å². The second-order valence-corrected chi connectivity index (χ2v) is 8.31. The van der Waals surface area contributed by atoms with Crippen molar-refractivity contribution in [1.82, 2.24) is 0 Å². The molecule has 0 radical (unpaired) electrons. The van der Waals surface area contributed by atoms with Crippen molar-refractivity contribution in [1.29, 1.82) is 0 Å². The van der Waals surface area contributed by atoms with Gasteiger partial charge in [-0.05, 0) is 91.0 Å². The number of phenolic OH excluding ortho intramolecular Hbond substituents is 1. The van der Waals surface area contributed by atoms with E-state index in [9.17, 15) is 5.11 Å². The third-order valence-electron chi connectivity index (χ3n) is 6.33. The minimum absolute atomic E-state index is 0.236. The van der Waals surface area contributed by atoms with Crippen LogP contribution in [0.1, 0.15) is 51.7 Å². The van der Waals surface area contributed by atoms with E-state index in [2.05, 4.69) is 33.8 Å². The quantitative estimate of drug-likeness (QED) is 0.714. The molecule has 3 aliphatic rings. The SMILES string of the molecule is CCC1=C(C)C2=Cc3ccc(O)c(c3)C=C3N=C(C=c4ccc(o4)=CC1=N2)C(CC)=C3C. The van der Waals surface area contributed by atoms with E-state index >= 15 is 0 Å². The van der Waals surface area contributed by atoms with Crippen LogP contribution in [0, 0.1) is 0 Å². The first-order valence-electron chi connectivity index (χ1n) is 11.1. The first-order valence-corrected chi connectivity index (χ1v) is 11.1. The summed E-state index contributed by atoms with van der Waals surface area (Å²) in [7, 11) is 0. The van der Waals surface area contributed by atoms with Crippen LogP contribution in [0.5, 0.6) is 5.75 Å². The second kappa shape index (κ2) is 7.79. The highest BCUT2D eigenvalue weighted by Crippen LogP contribution is 2.33. The molecule has 160 valence electrons. The number of hydrogen-bond donors (Lipinski definition) is 1. The molecule has 0 atom stereocenters. The highest BCUT2D eigenvalue weighted by molar-refractivity contribution is 6.24. The van der Waals surface area contributed by atoms with E-state index in [0.717, 1.165) is 63.2 Å². The Morgan fingerprint density at radius 3 is 1.88 bits per heavy atom. The van der Waals surface area contributed by atoms with Crippen molar-refractivity contribution < 1.29 is 9.52 Å². The van der Waals surface area contributed by atoms with Crippen molar-refractivity contribution in [2.45, 2.75) is 40.5 Å². The highest BCUT2D eigenvalue weighted by Gasteiger charge is 2.20. The number of aromatic hydroxyl groups is 1. The predicted molar refractivity (Wildman–Crippen MR) is 132 cm³/mol. The molecule has 0 spiro atoms. The summed E-state index contributed by atoms with van der Waals surface area (Å²) in [5, 5.41) is 10.5. The average Bonchev–Trinajstić information content (AvgIpc) is 3.41. The molecule has 4 heteroatoms. The standard InChI is InChI=1S/C28H26N2O2/c1-5-22-16(3)24-12-18-7-10-28(31)19(11-18)13-25-17(4)23(6-2)27(30-25)15-21-9-8-20(32-21)14-26(22)29-24/h7-15,31H,5-6H2,1-4H3. The molecular formula is C28H26N2O2. The largest absolute Gasteiger partial charge is 0.507 e. The summed E-state index contributed by atoms with van der Waals surface area (Å²) in [6.07, 6.45) is 9.80. The molecular weight excluding hydrogens is 396 g/mol. The fourth-order valence-corrected chi connectivity index (χ4v) is 4.54. The molecule has 5 rings (SSSR count). The van der Waals surface area contributed by atoms with Crippen LogP contribution in [0.2, 0.25) is 0 Å². The van der Waals surface area contributed by atoms with Crippen LogP contribution >= 0.6 is 0 Å². The molecule has 32 heavy (non-hydrogen) atoms. The van der Waals surface area contributed by atoms with Crippen molar-refractivity contribution in [2.75, 3.05) is 0 Å². The molecule has 8 bridgehead atoms. The summed E-state index contributed by atoms with van der Waals surface area (Å²) in [5.74, 6) is 0.236. The molecule has 4 heterocycles. The summed E-state index contributed by atoms with van der Waals surface area (Å²) in [6, 6.07) is 9.60. The zero-order chi connectivity index (χ0) is 22.4. The molecule has 0 saturated carbocycles. The van der Waals surface area contributed by atoms with Gasteiger partial charge >= 0.3 is 0 Å². The fraction of sp³-hybridized carbons (Fsp3) is 0.214. The Morgan fingerprint density at radius 2 is 1.31 bits per heavy atom. The van der Waals surface area contributed by atoms with Crippen LogP contribution in [0.3, 0.4) is 0 Å². The lowest BCUT2D eigenvalue weighted by Gasteiger charge is -2.05. The molecule has 1 aromatic heterocycles. The molecule has 3 aliphatic heterocycles. The highest BCUT2D eigenvalue weighted by atomic mass is 16.3. The average molecular weight is 423 g/mol.